The molecule has 126 valence electrons. The fourth-order valence-corrected chi connectivity index (χ4v) is 4.28. The molecule has 24 heavy (non-hydrogen) atoms. The van der Waals surface area contributed by atoms with E-state index in [0.29, 0.717) is 10.7 Å². The summed E-state index contributed by atoms with van der Waals surface area (Å²) in [5.74, 6) is -0.354. The highest BCUT2D eigenvalue weighted by molar-refractivity contribution is 7.80. The van der Waals surface area contributed by atoms with Crippen molar-refractivity contribution in [2.75, 3.05) is 12.4 Å². The number of hydrogen-bond donors (Lipinski definition) is 2. The smallest absolute Gasteiger partial charge is 0.340 e. The Bertz CT molecular complexity index is 770. The normalized spacial score (nSPS) is 16.2. The maximum absolute atomic E-state index is 11.9. The fraction of sp³-hybridized carbons (Fsp3) is 0.333. The number of fused-ring (bicyclic) bond motifs is 1. The van der Waals surface area contributed by atoms with Gasteiger partial charge in [-0.1, -0.05) is 24.3 Å². The molecule has 1 aromatic carbocycles. The largest absolute Gasteiger partial charge is 0.465 e. The third-order valence-corrected chi connectivity index (χ3v) is 5.35. The second kappa shape index (κ2) is 7.32. The molecule has 1 aliphatic carbocycles. The zero-order valence-electron chi connectivity index (χ0n) is 13.7. The van der Waals surface area contributed by atoms with Crippen LogP contribution in [0.2, 0.25) is 0 Å². The van der Waals surface area contributed by atoms with Gasteiger partial charge in [0.1, 0.15) is 5.00 Å². The minimum absolute atomic E-state index is 0.206. The maximum atomic E-state index is 11.9. The first kappa shape index (κ1) is 16.9. The van der Waals surface area contributed by atoms with Crippen molar-refractivity contribution < 1.29 is 9.53 Å². The van der Waals surface area contributed by atoms with E-state index in [0.717, 1.165) is 29.1 Å². The van der Waals surface area contributed by atoms with Gasteiger partial charge in [0, 0.05) is 4.88 Å². The molecule has 2 aromatic rings. The van der Waals surface area contributed by atoms with Crippen LogP contribution in [-0.2, 0) is 11.2 Å². The molecule has 1 aliphatic rings. The van der Waals surface area contributed by atoms with E-state index in [1.54, 1.807) is 0 Å². The van der Waals surface area contributed by atoms with Crippen LogP contribution in [-0.4, -0.2) is 18.2 Å². The van der Waals surface area contributed by atoms with Gasteiger partial charge in [-0.3, -0.25) is 0 Å². The highest BCUT2D eigenvalue weighted by Gasteiger charge is 2.21. The van der Waals surface area contributed by atoms with Gasteiger partial charge in [0.2, 0.25) is 0 Å². The van der Waals surface area contributed by atoms with Crippen molar-refractivity contribution in [3.63, 3.8) is 0 Å². The number of nitrogens with one attached hydrogen (secondary N) is 2. The third kappa shape index (κ3) is 3.60. The zero-order chi connectivity index (χ0) is 17.1. The molecule has 0 saturated carbocycles. The van der Waals surface area contributed by atoms with E-state index in [9.17, 15) is 4.79 Å². The van der Waals surface area contributed by atoms with Gasteiger partial charge in [-0.15, -0.1) is 11.3 Å². The molecule has 2 N–H and O–H groups in total. The summed E-state index contributed by atoms with van der Waals surface area (Å²) in [6, 6.07) is 10.5. The SMILES string of the molecule is COC(=O)c1cc(C)sc1NC(=S)N[C@H]1CCCc2ccccc21. The van der Waals surface area contributed by atoms with Crippen LogP contribution in [0, 0.1) is 6.92 Å². The Morgan fingerprint density at radius 2 is 2.17 bits per heavy atom. The van der Waals surface area contributed by atoms with E-state index in [2.05, 4.69) is 34.9 Å². The highest BCUT2D eigenvalue weighted by Crippen LogP contribution is 2.31. The van der Waals surface area contributed by atoms with Gasteiger partial charge in [-0.25, -0.2) is 4.79 Å². The summed E-state index contributed by atoms with van der Waals surface area (Å²) in [6.07, 6.45) is 3.31. The van der Waals surface area contributed by atoms with Gasteiger partial charge in [0.25, 0.3) is 0 Å². The second-order valence-electron chi connectivity index (χ2n) is 5.83. The number of benzene rings is 1. The Morgan fingerprint density at radius 3 is 2.96 bits per heavy atom. The van der Waals surface area contributed by atoms with Crippen molar-refractivity contribution in [1.82, 2.24) is 5.32 Å². The van der Waals surface area contributed by atoms with Gasteiger partial charge < -0.3 is 15.4 Å². The minimum Gasteiger partial charge on any atom is -0.465 e. The molecule has 0 radical (unpaired) electrons. The summed E-state index contributed by atoms with van der Waals surface area (Å²) in [7, 11) is 1.38. The van der Waals surface area contributed by atoms with Crippen LogP contribution in [0.1, 0.15) is 45.2 Å². The summed E-state index contributed by atoms with van der Waals surface area (Å²) in [5, 5.41) is 7.81. The van der Waals surface area contributed by atoms with Crippen molar-refractivity contribution in [1.29, 1.82) is 0 Å². The first-order valence-electron chi connectivity index (χ1n) is 7.92. The van der Waals surface area contributed by atoms with Crippen LogP contribution in [0.4, 0.5) is 5.00 Å². The summed E-state index contributed by atoms with van der Waals surface area (Å²) >= 11 is 6.96. The quantitative estimate of drug-likeness (QED) is 0.634. The summed E-state index contributed by atoms with van der Waals surface area (Å²) in [5.41, 5.74) is 3.21. The molecule has 3 rings (SSSR count). The van der Waals surface area contributed by atoms with Crippen molar-refractivity contribution in [3.8, 4) is 0 Å². The molecule has 4 nitrogen and oxygen atoms in total. The average molecular weight is 361 g/mol. The van der Waals surface area contributed by atoms with Crippen LogP contribution in [0.15, 0.2) is 30.3 Å². The molecule has 0 bridgehead atoms. The van der Waals surface area contributed by atoms with Crippen molar-refractivity contribution in [3.05, 3.63) is 51.9 Å². The van der Waals surface area contributed by atoms with Crippen LogP contribution >= 0.6 is 23.6 Å². The number of hydrogen-bond acceptors (Lipinski definition) is 4. The van der Waals surface area contributed by atoms with Gasteiger partial charge in [0.15, 0.2) is 5.11 Å². The number of rotatable bonds is 3. The number of carbonyl (C=O) groups excluding carboxylic acids is 1. The summed E-state index contributed by atoms with van der Waals surface area (Å²) < 4.78 is 4.83. The van der Waals surface area contributed by atoms with E-state index in [-0.39, 0.29) is 12.0 Å². The summed E-state index contributed by atoms with van der Waals surface area (Å²) in [6.45, 7) is 1.95. The lowest BCUT2D eigenvalue weighted by Gasteiger charge is -2.27. The Morgan fingerprint density at radius 1 is 1.38 bits per heavy atom. The lowest BCUT2D eigenvalue weighted by Crippen LogP contribution is -2.34. The van der Waals surface area contributed by atoms with Crippen molar-refractivity contribution in [2.45, 2.75) is 32.2 Å². The van der Waals surface area contributed by atoms with Crippen LogP contribution in [0.5, 0.6) is 0 Å². The predicted octanol–water partition coefficient (Wildman–Crippen LogP) is 4.21. The monoisotopic (exact) mass is 360 g/mol. The number of anilines is 1. The first-order valence-corrected chi connectivity index (χ1v) is 9.15. The molecule has 1 aromatic heterocycles. The van der Waals surface area contributed by atoms with E-state index in [1.165, 1.54) is 29.6 Å². The Kier molecular flexibility index (Phi) is 5.16. The van der Waals surface area contributed by atoms with E-state index in [1.807, 2.05) is 13.0 Å². The molecule has 0 aliphatic heterocycles. The van der Waals surface area contributed by atoms with Gasteiger partial charge >= 0.3 is 5.97 Å². The highest BCUT2D eigenvalue weighted by atomic mass is 32.1. The molecule has 0 amide bonds. The molecule has 0 unspecified atom stereocenters. The number of carbonyl (C=O) groups is 1. The average Bonchev–Trinajstić information content (AvgIpc) is 2.94. The Hall–Kier alpha value is -1.92. The Balaban J connectivity index is 1.72. The molecule has 1 heterocycles. The van der Waals surface area contributed by atoms with Gasteiger partial charge in [0.05, 0.1) is 18.7 Å². The topological polar surface area (TPSA) is 50.4 Å². The lowest BCUT2D eigenvalue weighted by molar-refractivity contribution is 0.0602. The molecule has 6 heteroatoms. The maximum Gasteiger partial charge on any atom is 0.340 e. The number of ether oxygens (including phenoxy) is 1. The van der Waals surface area contributed by atoms with Gasteiger partial charge in [-0.2, -0.15) is 0 Å². The fourth-order valence-electron chi connectivity index (χ4n) is 3.07. The number of thiocarbonyl (C=S) groups is 1. The summed E-state index contributed by atoms with van der Waals surface area (Å²) in [4.78, 5) is 12.9. The van der Waals surface area contributed by atoms with Crippen LogP contribution < -0.4 is 10.6 Å². The zero-order valence-corrected chi connectivity index (χ0v) is 15.4. The predicted molar refractivity (Wildman–Crippen MR) is 102 cm³/mol. The lowest BCUT2D eigenvalue weighted by atomic mass is 9.88. The first-order chi connectivity index (χ1) is 11.6. The molecular weight excluding hydrogens is 340 g/mol. The van der Waals surface area contributed by atoms with Crippen LogP contribution in [0.3, 0.4) is 0 Å². The van der Waals surface area contributed by atoms with Crippen LogP contribution in [0.25, 0.3) is 0 Å². The number of methoxy groups -OCH3 is 1. The standard InChI is InChI=1S/C18H20N2O2S2/c1-11-10-14(17(21)22-2)16(24-11)20-18(23)19-15-9-5-7-12-6-3-4-8-13(12)15/h3-4,6,8,10,15H,5,7,9H2,1-2H3,(H2,19,20,23)/t15-/m0/s1. The number of thiophene rings is 1. The minimum atomic E-state index is -0.354. The van der Waals surface area contributed by atoms with Crippen molar-refractivity contribution >= 4 is 39.6 Å². The van der Waals surface area contributed by atoms with E-state index in [4.69, 9.17) is 17.0 Å². The molecule has 1 atom stereocenters. The molecule has 0 saturated heterocycles. The van der Waals surface area contributed by atoms with Gasteiger partial charge in [-0.05, 0) is 55.6 Å². The molecule has 0 fully saturated rings. The second-order valence-corrected chi connectivity index (χ2v) is 7.50. The number of aryl methyl sites for hydroxylation is 2. The number of esters is 1. The molecule has 0 spiro atoms. The molecular formula is C18H20N2O2S2. The van der Waals surface area contributed by atoms with Crippen molar-refractivity contribution in [2.24, 2.45) is 0 Å². The van der Waals surface area contributed by atoms with E-state index >= 15 is 0 Å². The van der Waals surface area contributed by atoms with E-state index < -0.39 is 0 Å². The Labute approximate surface area is 151 Å². The third-order valence-electron chi connectivity index (χ3n) is 4.16.